The summed E-state index contributed by atoms with van der Waals surface area (Å²) in [7, 11) is 0. The molecular formula is C20H26N6O. The van der Waals surface area contributed by atoms with Crippen molar-refractivity contribution in [2.45, 2.75) is 40.5 Å². The smallest absolute Gasteiger partial charge is 0.252 e. The Balaban J connectivity index is 1.63. The number of benzene rings is 1. The summed E-state index contributed by atoms with van der Waals surface area (Å²) in [4.78, 5) is 23.2. The lowest BCUT2D eigenvalue weighted by Gasteiger charge is -2.21. The van der Waals surface area contributed by atoms with E-state index in [-0.39, 0.29) is 5.91 Å². The number of amides is 1. The fourth-order valence-corrected chi connectivity index (χ4v) is 3.32. The second-order valence-electron chi connectivity index (χ2n) is 6.50. The maximum atomic E-state index is 12.4. The fraction of sp³-hybridized carbons (Fsp3) is 0.400. The van der Waals surface area contributed by atoms with Crippen molar-refractivity contribution in [1.29, 1.82) is 0 Å². The molecule has 0 fully saturated rings. The number of anilines is 2. The van der Waals surface area contributed by atoms with Crippen LogP contribution in [-0.4, -0.2) is 38.6 Å². The SMILES string of the molecule is CCN(CC)c1ccc(NC(=O)CCc2c(C)nc3ncnn3c2C)cc1. The van der Waals surface area contributed by atoms with Gasteiger partial charge in [-0.05, 0) is 63.9 Å². The van der Waals surface area contributed by atoms with Crippen LogP contribution in [0.25, 0.3) is 5.78 Å². The molecule has 7 nitrogen and oxygen atoms in total. The molecule has 0 bridgehead atoms. The minimum Gasteiger partial charge on any atom is -0.372 e. The zero-order chi connectivity index (χ0) is 19.4. The zero-order valence-corrected chi connectivity index (χ0v) is 16.4. The number of rotatable bonds is 7. The first kappa shape index (κ1) is 18.8. The topological polar surface area (TPSA) is 75.4 Å². The van der Waals surface area contributed by atoms with Crippen molar-refractivity contribution >= 4 is 23.1 Å². The van der Waals surface area contributed by atoms with E-state index in [2.05, 4.69) is 39.1 Å². The Bertz CT molecular complexity index is 928. The van der Waals surface area contributed by atoms with Crippen LogP contribution < -0.4 is 10.2 Å². The second-order valence-corrected chi connectivity index (χ2v) is 6.50. The monoisotopic (exact) mass is 366 g/mol. The van der Waals surface area contributed by atoms with E-state index < -0.39 is 0 Å². The number of aromatic nitrogens is 4. The van der Waals surface area contributed by atoms with Gasteiger partial charge in [0.15, 0.2) is 0 Å². The van der Waals surface area contributed by atoms with E-state index in [1.165, 1.54) is 6.33 Å². The molecule has 1 amide bonds. The van der Waals surface area contributed by atoms with Crippen molar-refractivity contribution < 1.29 is 4.79 Å². The quantitative estimate of drug-likeness (QED) is 0.695. The zero-order valence-electron chi connectivity index (χ0n) is 16.4. The minimum atomic E-state index is -0.0110. The lowest BCUT2D eigenvalue weighted by atomic mass is 10.1. The molecule has 0 spiro atoms. The molecule has 0 atom stereocenters. The van der Waals surface area contributed by atoms with Gasteiger partial charge in [0.25, 0.3) is 5.78 Å². The number of carbonyl (C=O) groups is 1. The van der Waals surface area contributed by atoms with Gasteiger partial charge in [-0.15, -0.1) is 0 Å². The summed E-state index contributed by atoms with van der Waals surface area (Å²) >= 11 is 0. The van der Waals surface area contributed by atoms with Crippen LogP contribution >= 0.6 is 0 Å². The van der Waals surface area contributed by atoms with E-state index in [0.29, 0.717) is 18.6 Å². The summed E-state index contributed by atoms with van der Waals surface area (Å²) in [6, 6.07) is 7.98. The lowest BCUT2D eigenvalue weighted by Crippen LogP contribution is -2.21. The van der Waals surface area contributed by atoms with Crippen molar-refractivity contribution in [3.63, 3.8) is 0 Å². The summed E-state index contributed by atoms with van der Waals surface area (Å²) < 4.78 is 1.71. The Kier molecular flexibility index (Phi) is 5.69. The molecule has 142 valence electrons. The molecule has 0 aliphatic heterocycles. The molecule has 7 heteroatoms. The Hall–Kier alpha value is -2.96. The first-order valence-corrected chi connectivity index (χ1v) is 9.34. The summed E-state index contributed by atoms with van der Waals surface area (Å²) in [6.07, 6.45) is 2.50. The summed E-state index contributed by atoms with van der Waals surface area (Å²) in [6.45, 7) is 10.1. The molecule has 1 aromatic carbocycles. The van der Waals surface area contributed by atoms with Gasteiger partial charge in [-0.25, -0.2) is 9.50 Å². The third-order valence-electron chi connectivity index (χ3n) is 4.87. The molecule has 27 heavy (non-hydrogen) atoms. The molecule has 2 aromatic heterocycles. The first-order valence-electron chi connectivity index (χ1n) is 9.34. The largest absolute Gasteiger partial charge is 0.372 e. The number of carbonyl (C=O) groups excluding carboxylic acids is 1. The Labute approximate surface area is 159 Å². The number of hydrogen-bond acceptors (Lipinski definition) is 5. The molecule has 1 N–H and O–H groups in total. The standard InChI is InChI=1S/C20H26N6O/c1-5-25(6-2)17-9-7-16(8-10-17)24-19(27)12-11-18-14(3)23-20-21-13-22-26(20)15(18)4/h7-10,13H,5-6,11-12H2,1-4H3,(H,24,27). The van der Waals surface area contributed by atoms with E-state index >= 15 is 0 Å². The number of aryl methyl sites for hydroxylation is 2. The Morgan fingerprint density at radius 2 is 1.85 bits per heavy atom. The predicted molar refractivity (Wildman–Crippen MR) is 107 cm³/mol. The minimum absolute atomic E-state index is 0.0110. The number of hydrogen-bond donors (Lipinski definition) is 1. The Morgan fingerprint density at radius 3 is 2.52 bits per heavy atom. The van der Waals surface area contributed by atoms with Gasteiger partial charge < -0.3 is 10.2 Å². The molecule has 3 aromatic rings. The van der Waals surface area contributed by atoms with Crippen LogP contribution in [0.2, 0.25) is 0 Å². The van der Waals surface area contributed by atoms with E-state index in [1.807, 2.05) is 38.1 Å². The molecule has 0 aliphatic carbocycles. The van der Waals surface area contributed by atoms with Crippen LogP contribution in [0, 0.1) is 13.8 Å². The molecule has 3 rings (SSSR count). The van der Waals surface area contributed by atoms with Crippen molar-refractivity contribution in [2.24, 2.45) is 0 Å². The average molecular weight is 366 g/mol. The van der Waals surface area contributed by atoms with Crippen LogP contribution in [0.15, 0.2) is 30.6 Å². The van der Waals surface area contributed by atoms with Gasteiger partial charge in [0.2, 0.25) is 5.91 Å². The molecular weight excluding hydrogens is 340 g/mol. The number of fused-ring (bicyclic) bond motifs is 1. The van der Waals surface area contributed by atoms with E-state index in [4.69, 9.17) is 0 Å². The van der Waals surface area contributed by atoms with Crippen LogP contribution in [0.4, 0.5) is 11.4 Å². The van der Waals surface area contributed by atoms with Crippen molar-refractivity contribution in [2.75, 3.05) is 23.3 Å². The molecule has 0 unspecified atom stereocenters. The second kappa shape index (κ2) is 8.16. The van der Waals surface area contributed by atoms with Crippen LogP contribution in [-0.2, 0) is 11.2 Å². The summed E-state index contributed by atoms with van der Waals surface area (Å²) in [5.74, 6) is 0.578. The van der Waals surface area contributed by atoms with Crippen LogP contribution in [0.5, 0.6) is 0 Å². The molecule has 2 heterocycles. The Morgan fingerprint density at radius 1 is 1.15 bits per heavy atom. The maximum Gasteiger partial charge on any atom is 0.252 e. The third-order valence-corrected chi connectivity index (χ3v) is 4.87. The van der Waals surface area contributed by atoms with Crippen LogP contribution in [0.1, 0.15) is 37.2 Å². The predicted octanol–water partition coefficient (Wildman–Crippen LogP) is 3.16. The fourth-order valence-electron chi connectivity index (χ4n) is 3.32. The van der Waals surface area contributed by atoms with Gasteiger partial charge in [-0.1, -0.05) is 0 Å². The van der Waals surface area contributed by atoms with Crippen molar-refractivity contribution in [3.05, 3.63) is 47.5 Å². The van der Waals surface area contributed by atoms with Gasteiger partial charge in [-0.3, -0.25) is 4.79 Å². The highest BCUT2D eigenvalue weighted by atomic mass is 16.1. The number of nitrogens with zero attached hydrogens (tertiary/aromatic N) is 5. The highest BCUT2D eigenvalue weighted by molar-refractivity contribution is 5.91. The van der Waals surface area contributed by atoms with Gasteiger partial charge in [0, 0.05) is 42.3 Å². The summed E-state index contributed by atoms with van der Waals surface area (Å²) in [5.41, 5.74) is 4.89. The molecule has 0 radical (unpaired) electrons. The summed E-state index contributed by atoms with van der Waals surface area (Å²) in [5, 5.41) is 7.16. The van der Waals surface area contributed by atoms with Crippen molar-refractivity contribution in [1.82, 2.24) is 19.6 Å². The normalized spacial score (nSPS) is 11.0. The highest BCUT2D eigenvalue weighted by Gasteiger charge is 2.13. The third kappa shape index (κ3) is 4.07. The van der Waals surface area contributed by atoms with Crippen LogP contribution in [0.3, 0.4) is 0 Å². The van der Waals surface area contributed by atoms with E-state index in [1.54, 1.807) is 4.52 Å². The van der Waals surface area contributed by atoms with Gasteiger partial charge in [0.1, 0.15) is 6.33 Å². The first-order chi connectivity index (χ1) is 13.0. The molecule has 0 saturated carbocycles. The highest BCUT2D eigenvalue weighted by Crippen LogP contribution is 2.19. The average Bonchev–Trinajstić information content (AvgIpc) is 3.12. The van der Waals surface area contributed by atoms with Crippen molar-refractivity contribution in [3.8, 4) is 0 Å². The molecule has 0 saturated heterocycles. The van der Waals surface area contributed by atoms with E-state index in [0.717, 1.165) is 41.4 Å². The number of nitrogens with one attached hydrogen (secondary N) is 1. The van der Waals surface area contributed by atoms with Gasteiger partial charge in [0.05, 0.1) is 0 Å². The van der Waals surface area contributed by atoms with Gasteiger partial charge >= 0.3 is 0 Å². The van der Waals surface area contributed by atoms with Gasteiger partial charge in [-0.2, -0.15) is 10.1 Å². The molecule has 0 aliphatic rings. The maximum absolute atomic E-state index is 12.4. The lowest BCUT2D eigenvalue weighted by molar-refractivity contribution is -0.116. The van der Waals surface area contributed by atoms with E-state index in [9.17, 15) is 4.79 Å².